The molecule has 18 heavy (non-hydrogen) atoms. The zero-order valence-electron chi connectivity index (χ0n) is 10.5. The summed E-state index contributed by atoms with van der Waals surface area (Å²) < 4.78 is 3.86. The molecular weight excluding hydrogens is 224 g/mol. The molecule has 0 saturated heterocycles. The molecule has 2 N–H and O–H groups in total. The molecule has 1 aliphatic carbocycles. The van der Waals surface area contributed by atoms with Crippen LogP contribution in [0.5, 0.6) is 0 Å². The molecule has 2 aromatic rings. The Morgan fingerprint density at radius 3 is 2.56 bits per heavy atom. The molecule has 0 radical (unpaired) electrons. The molecule has 3 rings (SSSR count). The number of rotatable bonds is 2. The SMILES string of the molecule is Nc1c[n+](C2CCCCC2)nn1-c1ccccc1. The second-order valence-corrected chi connectivity index (χ2v) is 4.96. The van der Waals surface area contributed by atoms with E-state index in [1.807, 2.05) is 45.9 Å². The molecule has 0 atom stereocenters. The predicted molar refractivity (Wildman–Crippen MR) is 70.3 cm³/mol. The summed E-state index contributed by atoms with van der Waals surface area (Å²) in [7, 11) is 0. The van der Waals surface area contributed by atoms with Crippen LogP contribution >= 0.6 is 0 Å². The van der Waals surface area contributed by atoms with Crippen molar-refractivity contribution in [3.05, 3.63) is 36.5 Å². The highest BCUT2D eigenvalue weighted by molar-refractivity contribution is 5.37. The Morgan fingerprint density at radius 2 is 1.83 bits per heavy atom. The third-order valence-corrected chi connectivity index (χ3v) is 3.65. The molecule has 0 amide bonds. The monoisotopic (exact) mass is 243 g/mol. The lowest BCUT2D eigenvalue weighted by Gasteiger charge is -2.16. The van der Waals surface area contributed by atoms with Gasteiger partial charge >= 0.3 is 0 Å². The van der Waals surface area contributed by atoms with Gasteiger partial charge in [-0.2, -0.15) is 0 Å². The first-order chi connectivity index (χ1) is 8.84. The predicted octanol–water partition coefficient (Wildman–Crippen LogP) is 2.25. The second kappa shape index (κ2) is 4.80. The molecule has 0 bridgehead atoms. The van der Waals surface area contributed by atoms with Gasteiger partial charge in [-0.1, -0.05) is 29.3 Å². The van der Waals surface area contributed by atoms with Crippen molar-refractivity contribution in [1.29, 1.82) is 0 Å². The minimum absolute atomic E-state index is 0.519. The lowest BCUT2D eigenvalue weighted by atomic mass is 9.96. The number of nitrogen functional groups attached to an aromatic ring is 1. The summed E-state index contributed by atoms with van der Waals surface area (Å²) in [4.78, 5) is 0. The fourth-order valence-corrected chi connectivity index (χ4v) is 2.66. The normalized spacial score (nSPS) is 16.9. The van der Waals surface area contributed by atoms with Crippen LogP contribution in [0.2, 0.25) is 0 Å². The van der Waals surface area contributed by atoms with Crippen molar-refractivity contribution in [3.8, 4) is 5.69 Å². The number of anilines is 1. The van der Waals surface area contributed by atoms with Gasteiger partial charge in [-0.05, 0) is 37.8 Å². The maximum atomic E-state index is 6.06. The number of hydrogen-bond acceptors (Lipinski definition) is 2. The van der Waals surface area contributed by atoms with Crippen LogP contribution in [0, 0.1) is 0 Å². The standard InChI is InChI=1S/C14H19N4/c15-14-11-17(12-7-3-1-4-8-12)16-18(14)13-9-5-2-6-10-13/h2,5-6,9-12H,1,3-4,7-8,15H2/q+1. The third-order valence-electron chi connectivity index (χ3n) is 3.65. The molecule has 0 aliphatic heterocycles. The number of benzene rings is 1. The molecule has 4 heteroatoms. The van der Waals surface area contributed by atoms with Crippen LogP contribution < -0.4 is 10.4 Å². The molecule has 94 valence electrons. The summed E-state index contributed by atoms with van der Waals surface area (Å²) in [6.07, 6.45) is 8.35. The first-order valence-electron chi connectivity index (χ1n) is 6.67. The van der Waals surface area contributed by atoms with Crippen LogP contribution in [0.15, 0.2) is 36.5 Å². The Balaban J connectivity index is 1.91. The van der Waals surface area contributed by atoms with Crippen molar-refractivity contribution in [1.82, 2.24) is 9.90 Å². The van der Waals surface area contributed by atoms with E-state index in [1.54, 1.807) is 0 Å². The third kappa shape index (κ3) is 2.10. The summed E-state index contributed by atoms with van der Waals surface area (Å²) in [6.45, 7) is 0. The minimum Gasteiger partial charge on any atom is -0.361 e. The van der Waals surface area contributed by atoms with E-state index < -0.39 is 0 Å². The van der Waals surface area contributed by atoms with Crippen LogP contribution in [0.4, 0.5) is 5.82 Å². The summed E-state index contributed by atoms with van der Waals surface area (Å²) in [5, 5.41) is 4.61. The Kier molecular flexibility index (Phi) is 3.00. The van der Waals surface area contributed by atoms with Gasteiger partial charge < -0.3 is 5.73 Å². The Bertz CT molecular complexity index is 512. The zero-order chi connectivity index (χ0) is 12.4. The van der Waals surface area contributed by atoms with Crippen molar-refractivity contribution in [2.24, 2.45) is 0 Å². The molecule has 1 fully saturated rings. The summed E-state index contributed by atoms with van der Waals surface area (Å²) in [6, 6.07) is 10.6. The van der Waals surface area contributed by atoms with Gasteiger partial charge in [0.05, 0.1) is 5.21 Å². The fraction of sp³-hybridized carbons (Fsp3) is 0.429. The van der Waals surface area contributed by atoms with E-state index >= 15 is 0 Å². The quantitative estimate of drug-likeness (QED) is 0.822. The van der Waals surface area contributed by atoms with Gasteiger partial charge in [-0.15, -0.1) is 4.68 Å². The maximum absolute atomic E-state index is 6.06. The van der Waals surface area contributed by atoms with Crippen molar-refractivity contribution in [3.63, 3.8) is 0 Å². The van der Waals surface area contributed by atoms with Crippen molar-refractivity contribution in [2.75, 3.05) is 5.73 Å². The second-order valence-electron chi connectivity index (χ2n) is 4.96. The van der Waals surface area contributed by atoms with Crippen molar-refractivity contribution >= 4 is 5.82 Å². The first kappa shape index (κ1) is 11.3. The molecule has 0 spiro atoms. The van der Waals surface area contributed by atoms with Crippen LogP contribution in [-0.4, -0.2) is 9.90 Å². The lowest BCUT2D eigenvalue weighted by Crippen LogP contribution is -2.42. The highest BCUT2D eigenvalue weighted by Gasteiger charge is 2.24. The first-order valence-corrected chi connectivity index (χ1v) is 6.67. The molecular formula is C14H19N4+. The highest BCUT2D eigenvalue weighted by Crippen LogP contribution is 2.23. The van der Waals surface area contributed by atoms with Gasteiger partial charge in [0, 0.05) is 0 Å². The number of nitrogens with two attached hydrogens (primary N) is 1. The number of hydrogen-bond donors (Lipinski definition) is 1. The Morgan fingerprint density at radius 1 is 1.11 bits per heavy atom. The number of para-hydroxylation sites is 1. The van der Waals surface area contributed by atoms with E-state index in [2.05, 4.69) is 5.21 Å². The summed E-state index contributed by atoms with van der Waals surface area (Å²) in [5.41, 5.74) is 7.08. The lowest BCUT2D eigenvalue weighted by molar-refractivity contribution is -0.780. The largest absolute Gasteiger partial charge is 0.361 e. The Hall–Kier alpha value is -1.84. The van der Waals surface area contributed by atoms with Crippen molar-refractivity contribution < 1.29 is 4.68 Å². The van der Waals surface area contributed by atoms with Gasteiger partial charge in [-0.25, -0.2) is 0 Å². The van der Waals surface area contributed by atoms with Crippen LogP contribution in [-0.2, 0) is 0 Å². The number of aromatic nitrogens is 3. The van der Waals surface area contributed by atoms with Gasteiger partial charge in [0.1, 0.15) is 6.04 Å². The van der Waals surface area contributed by atoms with Gasteiger partial charge in [0.2, 0.25) is 0 Å². The van der Waals surface area contributed by atoms with E-state index in [1.165, 1.54) is 32.1 Å². The summed E-state index contributed by atoms with van der Waals surface area (Å²) in [5.74, 6) is 0.701. The zero-order valence-corrected chi connectivity index (χ0v) is 10.5. The molecule has 0 unspecified atom stereocenters. The fourth-order valence-electron chi connectivity index (χ4n) is 2.66. The van der Waals surface area contributed by atoms with Crippen molar-refractivity contribution in [2.45, 2.75) is 38.1 Å². The maximum Gasteiger partial charge on any atom is 0.261 e. The summed E-state index contributed by atoms with van der Waals surface area (Å²) >= 11 is 0. The Labute approximate surface area is 107 Å². The van der Waals surface area contributed by atoms with Gasteiger partial charge in [0.25, 0.3) is 5.82 Å². The van der Waals surface area contributed by atoms with Crippen LogP contribution in [0.25, 0.3) is 5.69 Å². The molecule has 4 nitrogen and oxygen atoms in total. The topological polar surface area (TPSA) is 47.7 Å². The molecule has 1 heterocycles. The van der Waals surface area contributed by atoms with E-state index in [9.17, 15) is 0 Å². The average molecular weight is 243 g/mol. The molecule has 1 saturated carbocycles. The average Bonchev–Trinajstić information content (AvgIpc) is 2.83. The van der Waals surface area contributed by atoms with Crippen LogP contribution in [0.3, 0.4) is 0 Å². The molecule has 1 aromatic carbocycles. The minimum atomic E-state index is 0.519. The molecule has 1 aromatic heterocycles. The van der Waals surface area contributed by atoms with Gasteiger partial charge in [-0.3, -0.25) is 0 Å². The highest BCUT2D eigenvalue weighted by atomic mass is 15.5. The van der Waals surface area contributed by atoms with E-state index in [0.717, 1.165) is 5.69 Å². The van der Waals surface area contributed by atoms with E-state index in [-0.39, 0.29) is 0 Å². The van der Waals surface area contributed by atoms with Gasteiger partial charge in [0.15, 0.2) is 11.9 Å². The van der Waals surface area contributed by atoms with Crippen LogP contribution in [0.1, 0.15) is 38.1 Å². The molecule has 1 aliphatic rings. The van der Waals surface area contributed by atoms with E-state index in [0.29, 0.717) is 11.9 Å². The smallest absolute Gasteiger partial charge is 0.261 e. The number of nitrogens with zero attached hydrogens (tertiary/aromatic N) is 3. The van der Waals surface area contributed by atoms with E-state index in [4.69, 9.17) is 5.73 Å².